The highest BCUT2D eigenvalue weighted by Gasteiger charge is 2.22. The first-order valence-corrected chi connectivity index (χ1v) is 5.09. The minimum Gasteiger partial charge on any atom is -0.103 e. The lowest BCUT2D eigenvalue weighted by Gasteiger charge is -2.29. The molecule has 13 heavy (non-hydrogen) atoms. The van der Waals surface area contributed by atoms with Crippen molar-refractivity contribution in [2.45, 2.75) is 33.1 Å². The third-order valence-corrected chi connectivity index (χ3v) is 3.12. The van der Waals surface area contributed by atoms with Gasteiger partial charge in [-0.2, -0.15) is 0 Å². The lowest BCUT2D eigenvalue weighted by molar-refractivity contribution is 0.393. The summed E-state index contributed by atoms with van der Waals surface area (Å²) in [4.78, 5) is 0. The Morgan fingerprint density at radius 1 is 1.23 bits per heavy atom. The van der Waals surface area contributed by atoms with Crippen LogP contribution in [0.15, 0.2) is 36.5 Å². The minimum atomic E-state index is 0.621. The fourth-order valence-corrected chi connectivity index (χ4v) is 2.10. The van der Waals surface area contributed by atoms with Crippen LogP contribution < -0.4 is 0 Å². The SMILES string of the molecule is C=C[C@@H]1CC(=C(C)C)CC[C@@H]1C=C. The van der Waals surface area contributed by atoms with Crippen molar-refractivity contribution in [3.63, 3.8) is 0 Å². The molecule has 0 heteroatoms. The monoisotopic (exact) mass is 176 g/mol. The van der Waals surface area contributed by atoms with E-state index in [1.165, 1.54) is 24.8 Å². The molecule has 0 aromatic carbocycles. The molecule has 0 saturated heterocycles. The Morgan fingerprint density at radius 2 is 1.85 bits per heavy atom. The summed E-state index contributed by atoms with van der Waals surface area (Å²) >= 11 is 0. The smallest absolute Gasteiger partial charge is 0.0136 e. The fourth-order valence-electron chi connectivity index (χ4n) is 2.10. The number of rotatable bonds is 2. The predicted molar refractivity (Wildman–Crippen MR) is 59.6 cm³/mol. The second kappa shape index (κ2) is 4.45. The summed E-state index contributed by atoms with van der Waals surface area (Å²) in [5.74, 6) is 1.27. The molecular weight excluding hydrogens is 156 g/mol. The molecule has 1 aliphatic rings. The van der Waals surface area contributed by atoms with Gasteiger partial charge in [-0.15, -0.1) is 13.2 Å². The lowest BCUT2D eigenvalue weighted by Crippen LogP contribution is -2.17. The van der Waals surface area contributed by atoms with Crippen LogP contribution in [0.4, 0.5) is 0 Å². The molecule has 0 radical (unpaired) electrons. The molecule has 2 atom stereocenters. The van der Waals surface area contributed by atoms with E-state index in [2.05, 4.69) is 39.2 Å². The van der Waals surface area contributed by atoms with Crippen LogP contribution in [-0.2, 0) is 0 Å². The Balaban J connectivity index is 2.73. The number of hydrogen-bond acceptors (Lipinski definition) is 0. The zero-order chi connectivity index (χ0) is 9.84. The van der Waals surface area contributed by atoms with Crippen molar-refractivity contribution in [3.8, 4) is 0 Å². The molecule has 1 fully saturated rings. The molecule has 0 N–H and O–H groups in total. The Bertz CT molecular complexity index is 228. The maximum atomic E-state index is 3.91. The summed E-state index contributed by atoms with van der Waals surface area (Å²) in [5, 5.41) is 0. The molecule has 0 unspecified atom stereocenters. The summed E-state index contributed by atoms with van der Waals surface area (Å²) in [6, 6.07) is 0. The second-order valence-electron chi connectivity index (χ2n) is 4.15. The van der Waals surface area contributed by atoms with E-state index < -0.39 is 0 Å². The van der Waals surface area contributed by atoms with Crippen molar-refractivity contribution in [1.29, 1.82) is 0 Å². The molecular formula is C13H20. The molecule has 0 spiro atoms. The average molecular weight is 176 g/mol. The summed E-state index contributed by atoms with van der Waals surface area (Å²) in [6.07, 6.45) is 7.88. The van der Waals surface area contributed by atoms with Crippen molar-refractivity contribution < 1.29 is 0 Å². The molecule has 72 valence electrons. The minimum absolute atomic E-state index is 0.621. The summed E-state index contributed by atoms with van der Waals surface area (Å²) in [5.41, 5.74) is 3.12. The van der Waals surface area contributed by atoms with Crippen LogP contribution in [-0.4, -0.2) is 0 Å². The van der Waals surface area contributed by atoms with Gasteiger partial charge < -0.3 is 0 Å². The van der Waals surface area contributed by atoms with Crippen molar-refractivity contribution in [2.75, 3.05) is 0 Å². The zero-order valence-electron chi connectivity index (χ0n) is 8.84. The van der Waals surface area contributed by atoms with Crippen LogP contribution in [0.5, 0.6) is 0 Å². The number of hydrogen-bond donors (Lipinski definition) is 0. The normalized spacial score (nSPS) is 28.3. The highest BCUT2D eigenvalue weighted by Crippen LogP contribution is 2.35. The first kappa shape index (κ1) is 10.3. The second-order valence-corrected chi connectivity index (χ2v) is 4.15. The van der Waals surface area contributed by atoms with E-state index in [9.17, 15) is 0 Å². The Hall–Kier alpha value is -0.780. The fraction of sp³-hybridized carbons (Fsp3) is 0.538. The third-order valence-electron chi connectivity index (χ3n) is 3.12. The van der Waals surface area contributed by atoms with E-state index in [1.54, 1.807) is 5.57 Å². The summed E-state index contributed by atoms with van der Waals surface area (Å²) < 4.78 is 0. The zero-order valence-corrected chi connectivity index (χ0v) is 8.84. The van der Waals surface area contributed by atoms with Gasteiger partial charge in [0, 0.05) is 0 Å². The van der Waals surface area contributed by atoms with Crippen LogP contribution in [0.25, 0.3) is 0 Å². The van der Waals surface area contributed by atoms with Gasteiger partial charge in [-0.3, -0.25) is 0 Å². The van der Waals surface area contributed by atoms with Crippen LogP contribution >= 0.6 is 0 Å². The third kappa shape index (κ3) is 2.33. The molecule has 0 aliphatic heterocycles. The van der Waals surface area contributed by atoms with Crippen molar-refractivity contribution in [2.24, 2.45) is 11.8 Å². The Kier molecular flexibility index (Phi) is 3.53. The molecule has 0 bridgehead atoms. The van der Waals surface area contributed by atoms with Crippen LogP contribution in [0.2, 0.25) is 0 Å². The van der Waals surface area contributed by atoms with Crippen molar-refractivity contribution in [3.05, 3.63) is 36.5 Å². The highest BCUT2D eigenvalue weighted by molar-refractivity contribution is 5.16. The first-order chi connectivity index (χ1) is 6.19. The van der Waals surface area contributed by atoms with E-state index in [0.717, 1.165) is 0 Å². The molecule has 0 heterocycles. The van der Waals surface area contributed by atoms with Gasteiger partial charge in [-0.05, 0) is 44.9 Å². The quantitative estimate of drug-likeness (QED) is 0.555. The molecule has 1 aliphatic carbocycles. The van der Waals surface area contributed by atoms with E-state index in [-0.39, 0.29) is 0 Å². The van der Waals surface area contributed by atoms with Crippen LogP contribution in [0.1, 0.15) is 33.1 Å². The van der Waals surface area contributed by atoms with Gasteiger partial charge >= 0.3 is 0 Å². The van der Waals surface area contributed by atoms with Gasteiger partial charge in [0.2, 0.25) is 0 Å². The van der Waals surface area contributed by atoms with E-state index in [1.807, 2.05) is 0 Å². The molecule has 0 amide bonds. The molecule has 1 saturated carbocycles. The molecule has 1 rings (SSSR count). The molecule has 0 nitrogen and oxygen atoms in total. The van der Waals surface area contributed by atoms with Gasteiger partial charge in [0.05, 0.1) is 0 Å². The average Bonchev–Trinajstić information content (AvgIpc) is 2.16. The summed E-state index contributed by atoms with van der Waals surface area (Å²) in [7, 11) is 0. The Morgan fingerprint density at radius 3 is 2.31 bits per heavy atom. The first-order valence-electron chi connectivity index (χ1n) is 5.09. The Labute approximate surface area is 82.0 Å². The lowest BCUT2D eigenvalue weighted by atomic mass is 9.76. The van der Waals surface area contributed by atoms with Gasteiger partial charge in [-0.25, -0.2) is 0 Å². The maximum absolute atomic E-state index is 3.91. The maximum Gasteiger partial charge on any atom is -0.0136 e. The van der Waals surface area contributed by atoms with Crippen LogP contribution in [0.3, 0.4) is 0 Å². The van der Waals surface area contributed by atoms with Crippen molar-refractivity contribution >= 4 is 0 Å². The molecule has 0 aromatic rings. The highest BCUT2D eigenvalue weighted by atomic mass is 14.3. The van der Waals surface area contributed by atoms with E-state index in [0.29, 0.717) is 11.8 Å². The largest absolute Gasteiger partial charge is 0.103 e. The molecule has 0 aromatic heterocycles. The van der Waals surface area contributed by atoms with Gasteiger partial charge in [-0.1, -0.05) is 23.3 Å². The topological polar surface area (TPSA) is 0 Å². The predicted octanol–water partition coefficient (Wildman–Crippen LogP) is 4.11. The van der Waals surface area contributed by atoms with E-state index in [4.69, 9.17) is 0 Å². The van der Waals surface area contributed by atoms with Gasteiger partial charge in [0.1, 0.15) is 0 Å². The van der Waals surface area contributed by atoms with Gasteiger partial charge in [0.15, 0.2) is 0 Å². The van der Waals surface area contributed by atoms with Crippen molar-refractivity contribution in [1.82, 2.24) is 0 Å². The number of allylic oxidation sites excluding steroid dienone is 4. The van der Waals surface area contributed by atoms with E-state index >= 15 is 0 Å². The van der Waals surface area contributed by atoms with Gasteiger partial charge in [0.25, 0.3) is 0 Å². The standard InChI is InChI=1S/C13H20/c1-5-11-7-8-13(10(3)4)9-12(11)6-2/h5-6,11-12H,1-2,7-9H2,3-4H3/t11-,12+/m0/s1. The summed E-state index contributed by atoms with van der Waals surface area (Å²) in [6.45, 7) is 12.2. The van der Waals surface area contributed by atoms with Crippen LogP contribution in [0, 0.1) is 11.8 Å².